The minimum atomic E-state index is -3.55. The number of primary amides is 1. The predicted octanol–water partition coefficient (Wildman–Crippen LogP) is 4.31. The first-order valence-electron chi connectivity index (χ1n) is 10.8. The quantitative estimate of drug-likeness (QED) is 0.464. The molecule has 2 atom stereocenters. The Morgan fingerprint density at radius 2 is 1.71 bits per heavy atom. The Bertz CT molecular complexity index is 914. The third kappa shape index (κ3) is 7.36. The Morgan fingerprint density at radius 3 is 2.29 bits per heavy atom. The standard InChI is InChI=1S/C24H34N2O4S/c1-4-9-20(3)26(31(28,29)23-10-6-5-7-11-23)16-8-17-30-22-14-12-21(13-15-22)19(2)18-24(25)27/h5-7,10-15,19-20H,4,8-9,16-18H2,1-3H3,(H2,25,27). The number of hydrogen-bond donors (Lipinski definition) is 1. The van der Waals surface area contributed by atoms with Gasteiger partial charge >= 0.3 is 0 Å². The first-order chi connectivity index (χ1) is 14.8. The minimum Gasteiger partial charge on any atom is -0.494 e. The summed E-state index contributed by atoms with van der Waals surface area (Å²) in [4.78, 5) is 11.4. The van der Waals surface area contributed by atoms with Crippen LogP contribution in [0.2, 0.25) is 0 Å². The lowest BCUT2D eigenvalue weighted by molar-refractivity contribution is -0.118. The van der Waals surface area contributed by atoms with E-state index in [0.717, 1.165) is 18.4 Å². The van der Waals surface area contributed by atoms with Crippen molar-refractivity contribution in [3.63, 3.8) is 0 Å². The monoisotopic (exact) mass is 446 g/mol. The van der Waals surface area contributed by atoms with Crippen molar-refractivity contribution >= 4 is 15.9 Å². The number of amides is 1. The SMILES string of the molecule is CCCC(C)N(CCCOc1ccc(C(C)CC(N)=O)cc1)S(=O)(=O)c1ccccc1. The molecule has 1 amide bonds. The zero-order valence-electron chi connectivity index (χ0n) is 18.7. The van der Waals surface area contributed by atoms with E-state index in [1.807, 2.05) is 44.2 Å². The molecule has 0 radical (unpaired) electrons. The van der Waals surface area contributed by atoms with E-state index in [4.69, 9.17) is 10.5 Å². The van der Waals surface area contributed by atoms with Crippen LogP contribution in [0.25, 0.3) is 0 Å². The van der Waals surface area contributed by atoms with Crippen molar-refractivity contribution in [2.75, 3.05) is 13.2 Å². The number of benzene rings is 2. The van der Waals surface area contributed by atoms with Gasteiger partial charge in [-0.1, -0.05) is 50.6 Å². The summed E-state index contributed by atoms with van der Waals surface area (Å²) in [6.07, 6.45) is 2.61. The van der Waals surface area contributed by atoms with Gasteiger partial charge in [-0.25, -0.2) is 8.42 Å². The van der Waals surface area contributed by atoms with E-state index in [0.29, 0.717) is 36.6 Å². The molecule has 7 heteroatoms. The number of ether oxygens (including phenoxy) is 1. The van der Waals surface area contributed by atoms with Gasteiger partial charge in [0, 0.05) is 19.0 Å². The summed E-state index contributed by atoms with van der Waals surface area (Å²) in [5.41, 5.74) is 6.29. The van der Waals surface area contributed by atoms with Crippen LogP contribution in [0.1, 0.15) is 57.9 Å². The number of sulfonamides is 1. The van der Waals surface area contributed by atoms with Gasteiger partial charge < -0.3 is 10.5 Å². The number of rotatable bonds is 13. The van der Waals surface area contributed by atoms with E-state index < -0.39 is 10.0 Å². The number of nitrogens with two attached hydrogens (primary N) is 1. The molecule has 0 aromatic heterocycles. The van der Waals surface area contributed by atoms with Crippen LogP contribution >= 0.6 is 0 Å². The molecule has 31 heavy (non-hydrogen) atoms. The summed E-state index contributed by atoms with van der Waals surface area (Å²) in [7, 11) is -3.55. The smallest absolute Gasteiger partial charge is 0.243 e. The Morgan fingerprint density at radius 1 is 1.06 bits per heavy atom. The number of hydrogen-bond acceptors (Lipinski definition) is 4. The van der Waals surface area contributed by atoms with Crippen LogP contribution < -0.4 is 10.5 Å². The summed E-state index contributed by atoms with van der Waals surface area (Å²) >= 11 is 0. The minimum absolute atomic E-state index is 0.0587. The van der Waals surface area contributed by atoms with Crippen molar-refractivity contribution in [3.8, 4) is 5.75 Å². The Kier molecular flexibility index (Phi) is 9.52. The fourth-order valence-corrected chi connectivity index (χ4v) is 5.31. The van der Waals surface area contributed by atoms with Crippen molar-refractivity contribution < 1.29 is 17.9 Å². The van der Waals surface area contributed by atoms with Crippen LogP contribution in [0.4, 0.5) is 0 Å². The molecule has 0 aliphatic rings. The van der Waals surface area contributed by atoms with Crippen molar-refractivity contribution in [3.05, 3.63) is 60.2 Å². The van der Waals surface area contributed by atoms with E-state index in [-0.39, 0.29) is 17.9 Å². The van der Waals surface area contributed by atoms with E-state index in [2.05, 4.69) is 6.92 Å². The third-order valence-electron chi connectivity index (χ3n) is 5.30. The average molecular weight is 447 g/mol. The van der Waals surface area contributed by atoms with Gasteiger partial charge in [-0.05, 0) is 55.5 Å². The Balaban J connectivity index is 1.96. The lowest BCUT2D eigenvalue weighted by Crippen LogP contribution is -2.39. The molecule has 2 aromatic rings. The molecule has 170 valence electrons. The van der Waals surface area contributed by atoms with Crippen LogP contribution in [-0.4, -0.2) is 37.8 Å². The van der Waals surface area contributed by atoms with Crippen LogP contribution in [0.3, 0.4) is 0 Å². The normalized spacial score (nSPS) is 13.7. The average Bonchev–Trinajstić information content (AvgIpc) is 2.74. The van der Waals surface area contributed by atoms with Crippen molar-refractivity contribution in [2.24, 2.45) is 5.73 Å². The highest BCUT2D eigenvalue weighted by molar-refractivity contribution is 7.89. The van der Waals surface area contributed by atoms with Gasteiger partial charge in [-0.2, -0.15) is 4.31 Å². The van der Waals surface area contributed by atoms with Crippen LogP contribution in [0.5, 0.6) is 5.75 Å². The van der Waals surface area contributed by atoms with Crippen molar-refractivity contribution in [1.82, 2.24) is 4.31 Å². The molecule has 0 heterocycles. The molecule has 0 saturated carbocycles. The van der Waals surface area contributed by atoms with Gasteiger partial charge in [0.1, 0.15) is 5.75 Å². The second kappa shape index (κ2) is 11.9. The first kappa shape index (κ1) is 24.9. The molecule has 0 saturated heterocycles. The van der Waals surface area contributed by atoms with Gasteiger partial charge in [-0.15, -0.1) is 0 Å². The molecule has 0 aliphatic carbocycles. The zero-order chi connectivity index (χ0) is 22.9. The van der Waals surface area contributed by atoms with E-state index in [9.17, 15) is 13.2 Å². The first-order valence-corrected chi connectivity index (χ1v) is 12.3. The highest BCUT2D eigenvalue weighted by atomic mass is 32.2. The molecule has 0 spiro atoms. The van der Waals surface area contributed by atoms with Gasteiger partial charge in [0.15, 0.2) is 0 Å². The molecular weight excluding hydrogens is 412 g/mol. The number of carbonyl (C=O) groups excluding carboxylic acids is 1. The molecule has 2 N–H and O–H groups in total. The summed E-state index contributed by atoms with van der Waals surface area (Å²) in [6, 6.07) is 16.1. The van der Waals surface area contributed by atoms with Gasteiger partial charge in [0.2, 0.25) is 15.9 Å². The second-order valence-corrected chi connectivity index (χ2v) is 9.80. The number of carbonyl (C=O) groups is 1. The topological polar surface area (TPSA) is 89.7 Å². The molecule has 0 aliphatic heterocycles. The maximum absolute atomic E-state index is 13.1. The number of nitrogens with zero attached hydrogens (tertiary/aromatic N) is 1. The zero-order valence-corrected chi connectivity index (χ0v) is 19.5. The summed E-state index contributed by atoms with van der Waals surface area (Å²) in [5, 5.41) is 0. The molecular formula is C24H34N2O4S. The second-order valence-electron chi connectivity index (χ2n) is 7.91. The fourth-order valence-electron chi connectivity index (χ4n) is 3.59. The summed E-state index contributed by atoms with van der Waals surface area (Å²) in [5.74, 6) is 0.456. The molecule has 2 rings (SSSR count). The molecule has 2 aromatic carbocycles. The molecule has 2 unspecified atom stereocenters. The van der Waals surface area contributed by atoms with Gasteiger partial charge in [0.05, 0.1) is 11.5 Å². The van der Waals surface area contributed by atoms with Crippen molar-refractivity contribution in [2.45, 2.75) is 63.3 Å². The predicted molar refractivity (Wildman–Crippen MR) is 123 cm³/mol. The third-order valence-corrected chi connectivity index (χ3v) is 7.32. The lowest BCUT2D eigenvalue weighted by Gasteiger charge is -2.28. The lowest BCUT2D eigenvalue weighted by atomic mass is 9.97. The molecule has 6 nitrogen and oxygen atoms in total. The van der Waals surface area contributed by atoms with Crippen LogP contribution in [0, 0.1) is 0 Å². The van der Waals surface area contributed by atoms with Gasteiger partial charge in [-0.3, -0.25) is 4.79 Å². The Labute approximate surface area is 186 Å². The maximum Gasteiger partial charge on any atom is 0.243 e. The fraction of sp³-hybridized carbons (Fsp3) is 0.458. The summed E-state index contributed by atoms with van der Waals surface area (Å²) < 4.78 is 33.7. The maximum atomic E-state index is 13.1. The summed E-state index contributed by atoms with van der Waals surface area (Å²) in [6.45, 7) is 6.78. The van der Waals surface area contributed by atoms with Crippen molar-refractivity contribution in [1.29, 1.82) is 0 Å². The van der Waals surface area contributed by atoms with E-state index >= 15 is 0 Å². The largest absolute Gasteiger partial charge is 0.494 e. The highest BCUT2D eigenvalue weighted by Gasteiger charge is 2.28. The highest BCUT2D eigenvalue weighted by Crippen LogP contribution is 2.23. The van der Waals surface area contributed by atoms with Gasteiger partial charge in [0.25, 0.3) is 0 Å². The Hall–Kier alpha value is -2.38. The molecule has 0 bridgehead atoms. The van der Waals surface area contributed by atoms with E-state index in [1.165, 1.54) is 0 Å². The van der Waals surface area contributed by atoms with Crippen LogP contribution in [0.15, 0.2) is 59.5 Å². The van der Waals surface area contributed by atoms with E-state index in [1.54, 1.807) is 28.6 Å². The van der Waals surface area contributed by atoms with Crippen LogP contribution in [-0.2, 0) is 14.8 Å². The molecule has 0 fully saturated rings.